The van der Waals surface area contributed by atoms with Gasteiger partial charge in [0.25, 0.3) is 0 Å². The topological polar surface area (TPSA) is 136 Å². The molecular formula is C23H28F3N5O5. The minimum atomic E-state index is -5.08. The molecule has 0 atom stereocenters. The van der Waals surface area contributed by atoms with Gasteiger partial charge in [-0.1, -0.05) is 13.8 Å². The average molecular weight is 512 g/mol. The van der Waals surface area contributed by atoms with Crippen LogP contribution in [0.5, 0.6) is 0 Å². The number of aromatic nitrogens is 2. The fourth-order valence-corrected chi connectivity index (χ4v) is 3.42. The second kappa shape index (κ2) is 12.7. The van der Waals surface area contributed by atoms with Gasteiger partial charge in [0, 0.05) is 50.7 Å². The molecule has 3 N–H and O–H groups in total. The average Bonchev–Trinajstić information content (AvgIpc) is 3.05. The number of aromatic carboxylic acids is 1. The van der Waals surface area contributed by atoms with Crippen molar-refractivity contribution in [2.24, 2.45) is 5.92 Å². The van der Waals surface area contributed by atoms with Gasteiger partial charge in [0.05, 0.1) is 11.3 Å². The summed E-state index contributed by atoms with van der Waals surface area (Å²) in [7, 11) is 0. The number of hydrogen-bond acceptors (Lipinski definition) is 7. The molecule has 13 heteroatoms. The molecule has 1 aliphatic heterocycles. The maximum absolute atomic E-state index is 12.1. The number of aliphatic carboxylic acids is 1. The molecule has 2 aromatic rings. The van der Waals surface area contributed by atoms with Crippen molar-refractivity contribution in [3.8, 4) is 0 Å². The van der Waals surface area contributed by atoms with E-state index in [0.29, 0.717) is 18.1 Å². The number of rotatable bonds is 6. The zero-order chi connectivity index (χ0) is 26.9. The molecule has 3 rings (SSSR count). The Labute approximate surface area is 205 Å². The van der Waals surface area contributed by atoms with Crippen molar-refractivity contribution < 1.29 is 37.8 Å². The van der Waals surface area contributed by atoms with E-state index < -0.39 is 18.1 Å². The zero-order valence-corrected chi connectivity index (χ0v) is 19.8. The van der Waals surface area contributed by atoms with Gasteiger partial charge in [0.2, 0.25) is 11.9 Å². The predicted octanol–water partition coefficient (Wildman–Crippen LogP) is 3.51. The first-order chi connectivity index (χ1) is 16.9. The van der Waals surface area contributed by atoms with Crippen LogP contribution < -0.4 is 15.1 Å². The highest BCUT2D eigenvalue weighted by molar-refractivity contribution is 6.01. The number of nitrogens with one attached hydrogen (secondary N) is 1. The van der Waals surface area contributed by atoms with Crippen LogP contribution in [0.2, 0.25) is 0 Å². The van der Waals surface area contributed by atoms with E-state index in [4.69, 9.17) is 9.90 Å². The quantitative estimate of drug-likeness (QED) is 0.532. The number of hydrogen-bond donors (Lipinski definition) is 3. The first kappa shape index (κ1) is 28.3. The molecule has 0 saturated carbocycles. The van der Waals surface area contributed by atoms with Gasteiger partial charge in [-0.25, -0.2) is 19.6 Å². The summed E-state index contributed by atoms with van der Waals surface area (Å²) in [5.74, 6) is -3.07. The van der Waals surface area contributed by atoms with E-state index in [-0.39, 0.29) is 17.4 Å². The Morgan fingerprint density at radius 1 is 1.03 bits per heavy atom. The van der Waals surface area contributed by atoms with Gasteiger partial charge >= 0.3 is 18.1 Å². The highest BCUT2D eigenvalue weighted by Crippen LogP contribution is 2.25. The molecule has 36 heavy (non-hydrogen) atoms. The Balaban J connectivity index is 0.000000572. The number of amides is 1. The second-order valence-corrected chi connectivity index (χ2v) is 8.36. The molecule has 1 fully saturated rings. The molecule has 1 aromatic carbocycles. The Bertz CT molecular complexity index is 1050. The van der Waals surface area contributed by atoms with Crippen molar-refractivity contribution in [2.45, 2.75) is 32.9 Å². The van der Waals surface area contributed by atoms with E-state index in [1.807, 2.05) is 19.9 Å². The Hall–Kier alpha value is -3.90. The third kappa shape index (κ3) is 8.71. The third-order valence-corrected chi connectivity index (χ3v) is 5.04. The van der Waals surface area contributed by atoms with Crippen LogP contribution in [0.25, 0.3) is 0 Å². The summed E-state index contributed by atoms with van der Waals surface area (Å²) < 4.78 is 31.7. The number of carboxylic acid groups (broad SMARTS) is 2. The number of nitrogens with zero attached hydrogens (tertiary/aromatic N) is 4. The third-order valence-electron chi connectivity index (χ3n) is 5.04. The first-order valence-corrected chi connectivity index (χ1v) is 11.1. The molecule has 1 aliphatic rings. The van der Waals surface area contributed by atoms with Crippen LogP contribution >= 0.6 is 0 Å². The number of alkyl halides is 3. The van der Waals surface area contributed by atoms with E-state index in [2.05, 4.69) is 25.1 Å². The summed E-state index contributed by atoms with van der Waals surface area (Å²) in [5, 5.41) is 19.5. The van der Waals surface area contributed by atoms with E-state index in [0.717, 1.165) is 38.3 Å². The number of carbonyl (C=O) groups is 3. The Morgan fingerprint density at radius 2 is 1.61 bits per heavy atom. The van der Waals surface area contributed by atoms with Crippen molar-refractivity contribution in [2.75, 3.05) is 41.3 Å². The number of benzene rings is 1. The van der Waals surface area contributed by atoms with Crippen molar-refractivity contribution >= 4 is 35.2 Å². The normalized spacial score (nSPS) is 13.9. The molecule has 2 heterocycles. The molecule has 0 aliphatic carbocycles. The summed E-state index contributed by atoms with van der Waals surface area (Å²) in [6.07, 6.45) is -0.356. The molecule has 1 saturated heterocycles. The van der Waals surface area contributed by atoms with Crippen molar-refractivity contribution in [3.05, 3.63) is 42.2 Å². The van der Waals surface area contributed by atoms with Crippen LogP contribution in [0.1, 0.15) is 37.0 Å². The number of carboxylic acids is 2. The van der Waals surface area contributed by atoms with Crippen molar-refractivity contribution in [1.29, 1.82) is 0 Å². The van der Waals surface area contributed by atoms with Gasteiger partial charge in [-0.3, -0.25) is 4.79 Å². The summed E-state index contributed by atoms with van der Waals surface area (Å²) in [6, 6.07) is 6.98. The Kier molecular flexibility index (Phi) is 10.00. The lowest BCUT2D eigenvalue weighted by atomic mass is 10.1. The maximum Gasteiger partial charge on any atom is 0.490 e. The van der Waals surface area contributed by atoms with E-state index in [1.165, 1.54) is 0 Å². The summed E-state index contributed by atoms with van der Waals surface area (Å²) in [5.41, 5.74) is 1.27. The molecule has 196 valence electrons. The summed E-state index contributed by atoms with van der Waals surface area (Å²) in [4.78, 5) is 45.7. The van der Waals surface area contributed by atoms with Gasteiger partial charge in [0.1, 0.15) is 0 Å². The zero-order valence-electron chi connectivity index (χ0n) is 19.8. The first-order valence-electron chi connectivity index (χ1n) is 11.1. The molecular weight excluding hydrogens is 483 g/mol. The SMILES string of the molecule is CC(C)CC(=O)Nc1ccc(N2CCCN(c3ncccn3)CC2)cc1C(=O)O.O=C(O)C(F)(F)F. The largest absolute Gasteiger partial charge is 0.490 e. The van der Waals surface area contributed by atoms with Crippen LogP contribution in [-0.4, -0.2) is 70.4 Å². The molecule has 0 radical (unpaired) electrons. The predicted molar refractivity (Wildman–Crippen MR) is 126 cm³/mol. The van der Waals surface area contributed by atoms with Gasteiger partial charge in [-0.15, -0.1) is 0 Å². The number of halogens is 3. The summed E-state index contributed by atoms with van der Waals surface area (Å²) >= 11 is 0. The van der Waals surface area contributed by atoms with Crippen LogP contribution in [0.15, 0.2) is 36.7 Å². The fourth-order valence-electron chi connectivity index (χ4n) is 3.42. The molecule has 1 aromatic heterocycles. The van der Waals surface area contributed by atoms with Crippen molar-refractivity contribution in [1.82, 2.24) is 9.97 Å². The fraction of sp³-hybridized carbons (Fsp3) is 0.435. The minimum Gasteiger partial charge on any atom is -0.478 e. The summed E-state index contributed by atoms with van der Waals surface area (Å²) in [6.45, 7) is 7.03. The van der Waals surface area contributed by atoms with Crippen LogP contribution in [0.4, 0.5) is 30.5 Å². The van der Waals surface area contributed by atoms with E-state index >= 15 is 0 Å². The monoisotopic (exact) mass is 511 g/mol. The minimum absolute atomic E-state index is 0.104. The molecule has 0 bridgehead atoms. The van der Waals surface area contributed by atoms with Gasteiger partial charge in [-0.05, 0) is 36.6 Å². The van der Waals surface area contributed by atoms with Crippen LogP contribution in [0, 0.1) is 5.92 Å². The molecule has 0 unspecified atom stereocenters. The number of carbonyl (C=O) groups excluding carboxylic acids is 1. The standard InChI is InChI=1S/C21H27N5O3.C2HF3O2/c1-15(2)13-19(27)24-18-6-5-16(14-17(18)20(28)29)25-9-4-10-26(12-11-25)21-22-7-3-8-23-21;3-2(4,5)1(6)7/h3,5-8,14-15H,4,9-13H2,1-2H3,(H,24,27)(H,28,29);(H,6,7). The highest BCUT2D eigenvalue weighted by atomic mass is 19.4. The van der Waals surface area contributed by atoms with Crippen LogP contribution in [-0.2, 0) is 9.59 Å². The van der Waals surface area contributed by atoms with E-state index in [9.17, 15) is 27.9 Å². The molecule has 1 amide bonds. The van der Waals surface area contributed by atoms with Gasteiger partial charge < -0.3 is 25.3 Å². The second-order valence-electron chi connectivity index (χ2n) is 8.36. The lowest BCUT2D eigenvalue weighted by Crippen LogP contribution is -2.31. The van der Waals surface area contributed by atoms with E-state index in [1.54, 1.807) is 30.6 Å². The lowest BCUT2D eigenvalue weighted by molar-refractivity contribution is -0.192. The molecule has 0 spiro atoms. The van der Waals surface area contributed by atoms with Crippen molar-refractivity contribution in [3.63, 3.8) is 0 Å². The smallest absolute Gasteiger partial charge is 0.478 e. The molecule has 10 nitrogen and oxygen atoms in total. The van der Waals surface area contributed by atoms with Crippen LogP contribution in [0.3, 0.4) is 0 Å². The lowest BCUT2D eigenvalue weighted by Gasteiger charge is -2.24. The van der Waals surface area contributed by atoms with Gasteiger partial charge in [0.15, 0.2) is 0 Å². The highest BCUT2D eigenvalue weighted by Gasteiger charge is 2.38. The maximum atomic E-state index is 12.1. The number of anilines is 3. The van der Waals surface area contributed by atoms with Gasteiger partial charge in [-0.2, -0.15) is 13.2 Å². The Morgan fingerprint density at radius 3 is 2.17 bits per heavy atom.